The first-order valence-electron chi connectivity index (χ1n) is 4.73. The smallest absolute Gasteiger partial charge is 0.244 e. The molecule has 2 rings (SSSR count). The minimum Gasteiger partial charge on any atom is -0.294 e. The Morgan fingerprint density at radius 2 is 1.80 bits per heavy atom. The van der Waals surface area contributed by atoms with Gasteiger partial charge in [-0.3, -0.25) is 14.9 Å². The highest BCUT2D eigenvalue weighted by Crippen LogP contribution is 2.35. The second-order valence-corrected chi connectivity index (χ2v) is 4.87. The standard InChI is InChI=1S/C11H11NO2S/c1-7-10(13)12-11(14)9(15-7)8-5-3-2-4-6-8/h2-7,9H,1H3,(H,12,13,14)/t7-,9-/m0/s1. The molecule has 0 radical (unpaired) electrons. The number of carbonyl (C=O) groups excluding carboxylic acids is 2. The Labute approximate surface area is 92.2 Å². The highest BCUT2D eigenvalue weighted by molar-refractivity contribution is 8.01. The molecular formula is C11H11NO2S. The Hall–Kier alpha value is -1.29. The maximum atomic E-state index is 11.6. The third kappa shape index (κ3) is 2.04. The van der Waals surface area contributed by atoms with E-state index in [1.165, 1.54) is 11.8 Å². The molecule has 2 amide bonds. The number of benzene rings is 1. The lowest BCUT2D eigenvalue weighted by molar-refractivity contribution is -0.130. The van der Waals surface area contributed by atoms with Crippen LogP contribution in [0.3, 0.4) is 0 Å². The van der Waals surface area contributed by atoms with Gasteiger partial charge < -0.3 is 0 Å². The number of hydrogen-bond acceptors (Lipinski definition) is 3. The molecule has 2 atom stereocenters. The van der Waals surface area contributed by atoms with Crippen LogP contribution in [0, 0.1) is 0 Å². The molecule has 3 nitrogen and oxygen atoms in total. The normalized spacial score (nSPS) is 26.2. The summed E-state index contributed by atoms with van der Waals surface area (Å²) >= 11 is 1.39. The Bertz CT molecular complexity index is 391. The van der Waals surface area contributed by atoms with Crippen molar-refractivity contribution in [2.75, 3.05) is 0 Å². The van der Waals surface area contributed by atoms with Gasteiger partial charge in [-0.25, -0.2) is 0 Å². The van der Waals surface area contributed by atoms with Crippen LogP contribution in [0.1, 0.15) is 17.7 Å². The van der Waals surface area contributed by atoms with E-state index >= 15 is 0 Å². The lowest BCUT2D eigenvalue weighted by atomic mass is 10.1. The number of nitrogens with one attached hydrogen (secondary N) is 1. The molecule has 0 bridgehead atoms. The van der Waals surface area contributed by atoms with Crippen LogP contribution in [0.15, 0.2) is 30.3 Å². The second kappa shape index (κ2) is 4.06. The molecule has 0 saturated carbocycles. The first-order valence-corrected chi connectivity index (χ1v) is 5.68. The van der Waals surface area contributed by atoms with Gasteiger partial charge in [0.05, 0.1) is 5.25 Å². The van der Waals surface area contributed by atoms with Gasteiger partial charge in [-0.05, 0) is 12.5 Å². The largest absolute Gasteiger partial charge is 0.294 e. The summed E-state index contributed by atoms with van der Waals surface area (Å²) in [6.07, 6.45) is 0. The van der Waals surface area contributed by atoms with Crippen LogP contribution in [-0.2, 0) is 9.59 Å². The highest BCUT2D eigenvalue weighted by atomic mass is 32.2. The predicted molar refractivity (Wildman–Crippen MR) is 59.4 cm³/mol. The zero-order valence-electron chi connectivity index (χ0n) is 8.27. The van der Waals surface area contributed by atoms with Crippen molar-refractivity contribution in [3.05, 3.63) is 35.9 Å². The zero-order valence-corrected chi connectivity index (χ0v) is 9.08. The van der Waals surface area contributed by atoms with Gasteiger partial charge in [0.2, 0.25) is 11.8 Å². The molecule has 1 aromatic rings. The van der Waals surface area contributed by atoms with E-state index < -0.39 is 0 Å². The molecule has 0 aromatic heterocycles. The molecular weight excluding hydrogens is 210 g/mol. The average molecular weight is 221 g/mol. The SMILES string of the molecule is C[C@@H]1S[C@@H](c2ccccc2)C(=O)NC1=O. The van der Waals surface area contributed by atoms with Crippen molar-refractivity contribution in [2.45, 2.75) is 17.4 Å². The molecule has 0 aliphatic carbocycles. The van der Waals surface area contributed by atoms with Crippen molar-refractivity contribution in [2.24, 2.45) is 0 Å². The number of thioether (sulfide) groups is 1. The van der Waals surface area contributed by atoms with Crippen LogP contribution in [-0.4, -0.2) is 17.1 Å². The summed E-state index contributed by atoms with van der Waals surface area (Å²) in [5.74, 6) is -0.411. The molecule has 4 heteroatoms. The zero-order chi connectivity index (χ0) is 10.8. The van der Waals surface area contributed by atoms with Gasteiger partial charge in [-0.15, -0.1) is 11.8 Å². The van der Waals surface area contributed by atoms with Gasteiger partial charge in [0.25, 0.3) is 0 Å². The molecule has 1 heterocycles. The van der Waals surface area contributed by atoms with Gasteiger partial charge in [0.15, 0.2) is 0 Å². The first-order chi connectivity index (χ1) is 7.18. The number of amides is 2. The summed E-state index contributed by atoms with van der Waals surface area (Å²) in [5, 5.41) is 1.94. The van der Waals surface area contributed by atoms with Crippen LogP contribution in [0.2, 0.25) is 0 Å². The Morgan fingerprint density at radius 3 is 2.47 bits per heavy atom. The molecule has 0 unspecified atom stereocenters. The quantitative estimate of drug-likeness (QED) is 0.731. The van der Waals surface area contributed by atoms with Gasteiger partial charge >= 0.3 is 0 Å². The molecule has 1 aliphatic rings. The summed E-state index contributed by atoms with van der Waals surface area (Å²) in [4.78, 5) is 22.8. The molecule has 1 aromatic carbocycles. The first kappa shape index (κ1) is 10.2. The van der Waals surface area contributed by atoms with Crippen molar-refractivity contribution >= 4 is 23.6 Å². The van der Waals surface area contributed by atoms with E-state index in [0.717, 1.165) is 5.56 Å². The van der Waals surface area contributed by atoms with Crippen molar-refractivity contribution in [3.8, 4) is 0 Å². The van der Waals surface area contributed by atoms with Crippen LogP contribution in [0.4, 0.5) is 0 Å². The summed E-state index contributed by atoms with van der Waals surface area (Å²) in [5.41, 5.74) is 0.944. The highest BCUT2D eigenvalue weighted by Gasteiger charge is 2.33. The minimum atomic E-state index is -0.265. The molecule has 1 saturated heterocycles. The lowest BCUT2D eigenvalue weighted by Crippen LogP contribution is -2.43. The maximum Gasteiger partial charge on any atom is 0.244 e. The summed E-state index contributed by atoms with van der Waals surface area (Å²) < 4.78 is 0. The number of imide groups is 1. The van der Waals surface area contributed by atoms with E-state index in [-0.39, 0.29) is 22.3 Å². The summed E-state index contributed by atoms with van der Waals surface area (Å²) in [6.45, 7) is 1.81. The molecule has 15 heavy (non-hydrogen) atoms. The summed E-state index contributed by atoms with van der Waals surface area (Å²) in [7, 11) is 0. The fourth-order valence-corrected chi connectivity index (χ4v) is 2.56. The van der Waals surface area contributed by atoms with E-state index in [2.05, 4.69) is 5.32 Å². The van der Waals surface area contributed by atoms with Crippen LogP contribution in [0.5, 0.6) is 0 Å². The van der Waals surface area contributed by atoms with E-state index in [1.807, 2.05) is 37.3 Å². The third-order valence-electron chi connectivity index (χ3n) is 2.30. The van der Waals surface area contributed by atoms with Crippen molar-refractivity contribution < 1.29 is 9.59 Å². The maximum absolute atomic E-state index is 11.6. The molecule has 1 N–H and O–H groups in total. The van der Waals surface area contributed by atoms with E-state index in [1.54, 1.807) is 0 Å². The average Bonchev–Trinajstić information content (AvgIpc) is 2.25. The van der Waals surface area contributed by atoms with Crippen LogP contribution >= 0.6 is 11.8 Å². The van der Waals surface area contributed by atoms with Crippen molar-refractivity contribution in [1.29, 1.82) is 0 Å². The molecule has 0 spiro atoms. The molecule has 1 aliphatic heterocycles. The molecule has 78 valence electrons. The minimum absolute atomic E-state index is 0.173. The topological polar surface area (TPSA) is 46.2 Å². The van der Waals surface area contributed by atoms with Crippen LogP contribution < -0.4 is 5.32 Å². The lowest BCUT2D eigenvalue weighted by Gasteiger charge is -2.25. The Kier molecular flexibility index (Phi) is 2.77. The Morgan fingerprint density at radius 1 is 1.13 bits per heavy atom. The summed E-state index contributed by atoms with van der Waals surface area (Å²) in [6, 6.07) is 9.50. The fraction of sp³-hybridized carbons (Fsp3) is 0.273. The van der Waals surface area contributed by atoms with Gasteiger partial charge in [-0.1, -0.05) is 30.3 Å². The van der Waals surface area contributed by atoms with Crippen LogP contribution in [0.25, 0.3) is 0 Å². The predicted octanol–water partition coefficient (Wildman–Crippen LogP) is 1.51. The molecule has 1 fully saturated rings. The van der Waals surface area contributed by atoms with Crippen molar-refractivity contribution in [3.63, 3.8) is 0 Å². The van der Waals surface area contributed by atoms with E-state index in [4.69, 9.17) is 0 Å². The monoisotopic (exact) mass is 221 g/mol. The van der Waals surface area contributed by atoms with Gasteiger partial charge in [0, 0.05) is 0 Å². The Balaban J connectivity index is 2.23. The van der Waals surface area contributed by atoms with Gasteiger partial charge in [-0.2, -0.15) is 0 Å². The number of rotatable bonds is 1. The second-order valence-electron chi connectivity index (χ2n) is 3.42. The van der Waals surface area contributed by atoms with E-state index in [0.29, 0.717) is 0 Å². The number of hydrogen-bond donors (Lipinski definition) is 1. The third-order valence-corrected chi connectivity index (χ3v) is 3.68. The van der Waals surface area contributed by atoms with Crippen molar-refractivity contribution in [1.82, 2.24) is 5.32 Å². The fourth-order valence-electron chi connectivity index (χ4n) is 1.47. The van der Waals surface area contributed by atoms with E-state index in [9.17, 15) is 9.59 Å². The number of carbonyl (C=O) groups is 2. The van der Waals surface area contributed by atoms with Gasteiger partial charge in [0.1, 0.15) is 5.25 Å².